The summed E-state index contributed by atoms with van der Waals surface area (Å²) < 4.78 is 0. The van der Waals surface area contributed by atoms with E-state index in [1.807, 2.05) is 18.2 Å². The van der Waals surface area contributed by atoms with E-state index in [1.165, 1.54) is 0 Å². The van der Waals surface area contributed by atoms with Gasteiger partial charge in [0.15, 0.2) is 11.6 Å². The van der Waals surface area contributed by atoms with Crippen LogP contribution in [0.15, 0.2) is 47.4 Å². The van der Waals surface area contributed by atoms with Gasteiger partial charge in [-0.25, -0.2) is 0 Å². The smallest absolute Gasteiger partial charge is 0.195 e. The van der Waals surface area contributed by atoms with Crippen LogP contribution in [-0.2, 0) is 0 Å². The first kappa shape index (κ1) is 14.1. The Morgan fingerprint density at radius 3 is 2.24 bits per heavy atom. The van der Waals surface area contributed by atoms with Gasteiger partial charge in [-0.3, -0.25) is 9.59 Å². The number of carbonyl (C=O) groups excluding carboxylic acids is 2. The van der Waals surface area contributed by atoms with E-state index in [1.54, 1.807) is 36.0 Å². The van der Waals surface area contributed by atoms with Crippen molar-refractivity contribution in [3.05, 3.63) is 64.7 Å². The second kappa shape index (κ2) is 5.86. The number of carbonyl (C=O) groups is 2. The molecule has 0 aliphatic heterocycles. The van der Waals surface area contributed by atoms with Crippen LogP contribution >= 0.6 is 11.8 Å². The zero-order chi connectivity index (χ0) is 14.8. The third-order valence-electron chi connectivity index (χ3n) is 3.67. The van der Waals surface area contributed by atoms with E-state index in [-0.39, 0.29) is 11.6 Å². The van der Waals surface area contributed by atoms with Crippen molar-refractivity contribution in [3.63, 3.8) is 0 Å². The fourth-order valence-electron chi connectivity index (χ4n) is 2.56. The van der Waals surface area contributed by atoms with Crippen molar-refractivity contribution < 1.29 is 9.59 Å². The molecule has 21 heavy (non-hydrogen) atoms. The van der Waals surface area contributed by atoms with E-state index < -0.39 is 0 Å². The van der Waals surface area contributed by atoms with E-state index in [9.17, 15) is 9.59 Å². The standard InChI is InChI=1S/C18H16O2S/c1-2-3-11-21-15-10-6-9-14-16(15)18(20)13-8-5-4-7-12(13)17(14)19/h4-10H,2-3,11H2,1H3. The lowest BCUT2D eigenvalue weighted by Gasteiger charge is -2.19. The minimum atomic E-state index is -0.0434. The van der Waals surface area contributed by atoms with Crippen LogP contribution < -0.4 is 0 Å². The zero-order valence-electron chi connectivity index (χ0n) is 11.9. The molecule has 0 aromatic heterocycles. The van der Waals surface area contributed by atoms with E-state index in [0.717, 1.165) is 23.5 Å². The van der Waals surface area contributed by atoms with Gasteiger partial charge >= 0.3 is 0 Å². The lowest BCUT2D eigenvalue weighted by Crippen LogP contribution is -2.21. The molecule has 0 radical (unpaired) electrons. The SMILES string of the molecule is CCCCSc1cccc2c1C(=O)c1ccccc1C2=O. The number of unbranched alkanes of at least 4 members (excludes halogenated alkanes) is 1. The second-order valence-corrected chi connectivity index (χ2v) is 6.22. The molecule has 3 heteroatoms. The van der Waals surface area contributed by atoms with Gasteiger partial charge in [0.1, 0.15) is 0 Å². The quantitative estimate of drug-likeness (QED) is 0.530. The summed E-state index contributed by atoms with van der Waals surface area (Å²) in [5, 5.41) is 0. The number of ketones is 2. The fraction of sp³-hybridized carbons (Fsp3) is 0.222. The van der Waals surface area contributed by atoms with E-state index >= 15 is 0 Å². The molecule has 0 fully saturated rings. The van der Waals surface area contributed by atoms with Gasteiger partial charge in [-0.15, -0.1) is 11.8 Å². The summed E-state index contributed by atoms with van der Waals surface area (Å²) in [4.78, 5) is 26.2. The van der Waals surface area contributed by atoms with Crippen LogP contribution in [0.5, 0.6) is 0 Å². The molecule has 0 unspecified atom stereocenters. The van der Waals surface area contributed by atoms with Gasteiger partial charge in [0, 0.05) is 27.1 Å². The Hall–Kier alpha value is -1.87. The zero-order valence-corrected chi connectivity index (χ0v) is 12.7. The third-order valence-corrected chi connectivity index (χ3v) is 4.81. The largest absolute Gasteiger partial charge is 0.289 e. The lowest BCUT2D eigenvalue weighted by atomic mass is 9.84. The maximum absolute atomic E-state index is 12.7. The highest BCUT2D eigenvalue weighted by atomic mass is 32.2. The molecule has 0 heterocycles. The van der Waals surface area contributed by atoms with Crippen LogP contribution in [0, 0.1) is 0 Å². The highest BCUT2D eigenvalue weighted by molar-refractivity contribution is 7.99. The number of rotatable bonds is 4. The summed E-state index contributed by atoms with van der Waals surface area (Å²) in [7, 11) is 0. The first-order valence-corrected chi connectivity index (χ1v) is 8.17. The normalized spacial score (nSPS) is 13.0. The Balaban J connectivity index is 2.08. The predicted octanol–water partition coefficient (Wildman–Crippen LogP) is 4.35. The van der Waals surface area contributed by atoms with Gasteiger partial charge in [0.2, 0.25) is 0 Å². The Morgan fingerprint density at radius 1 is 0.857 bits per heavy atom. The average molecular weight is 296 g/mol. The van der Waals surface area contributed by atoms with Gasteiger partial charge < -0.3 is 0 Å². The molecule has 2 aromatic rings. The van der Waals surface area contributed by atoms with Gasteiger partial charge in [0.05, 0.1) is 0 Å². The van der Waals surface area contributed by atoms with Gasteiger partial charge in [-0.1, -0.05) is 49.7 Å². The van der Waals surface area contributed by atoms with Crippen molar-refractivity contribution in [2.45, 2.75) is 24.7 Å². The summed E-state index contributed by atoms with van der Waals surface area (Å²) >= 11 is 1.67. The first-order chi connectivity index (χ1) is 10.2. The van der Waals surface area contributed by atoms with E-state index in [2.05, 4.69) is 6.92 Å². The van der Waals surface area contributed by atoms with Gasteiger partial charge in [-0.2, -0.15) is 0 Å². The number of fused-ring (bicyclic) bond motifs is 2. The molecule has 0 saturated heterocycles. The Kier molecular flexibility index (Phi) is 3.93. The second-order valence-electron chi connectivity index (χ2n) is 5.08. The van der Waals surface area contributed by atoms with Crippen LogP contribution in [0.3, 0.4) is 0 Å². The molecule has 0 bridgehead atoms. The van der Waals surface area contributed by atoms with Crippen LogP contribution in [0.2, 0.25) is 0 Å². The minimum Gasteiger partial charge on any atom is -0.289 e. The first-order valence-electron chi connectivity index (χ1n) is 7.18. The maximum Gasteiger partial charge on any atom is 0.195 e. The highest BCUT2D eigenvalue weighted by Gasteiger charge is 2.31. The molecule has 0 atom stereocenters. The summed E-state index contributed by atoms with van der Waals surface area (Å²) in [5.74, 6) is 0.897. The minimum absolute atomic E-state index is 0.0280. The molecular weight excluding hydrogens is 280 g/mol. The molecule has 1 aliphatic rings. The molecule has 1 aliphatic carbocycles. The van der Waals surface area contributed by atoms with Crippen LogP contribution in [0.1, 0.15) is 51.6 Å². The van der Waals surface area contributed by atoms with Crippen molar-refractivity contribution in [1.29, 1.82) is 0 Å². The average Bonchev–Trinajstić information content (AvgIpc) is 2.53. The van der Waals surface area contributed by atoms with Crippen LogP contribution in [0.4, 0.5) is 0 Å². The number of benzene rings is 2. The lowest BCUT2D eigenvalue weighted by molar-refractivity contribution is 0.0977. The van der Waals surface area contributed by atoms with E-state index in [0.29, 0.717) is 22.3 Å². The summed E-state index contributed by atoms with van der Waals surface area (Å²) in [6.07, 6.45) is 2.23. The number of thioether (sulfide) groups is 1. The predicted molar refractivity (Wildman–Crippen MR) is 85.4 cm³/mol. The van der Waals surface area contributed by atoms with Gasteiger partial charge in [0.25, 0.3) is 0 Å². The van der Waals surface area contributed by atoms with Crippen LogP contribution in [-0.4, -0.2) is 17.3 Å². The monoisotopic (exact) mass is 296 g/mol. The number of hydrogen-bond donors (Lipinski definition) is 0. The molecule has 2 aromatic carbocycles. The van der Waals surface area contributed by atoms with Gasteiger partial charge in [-0.05, 0) is 18.2 Å². The summed E-state index contributed by atoms with van der Waals surface area (Å²) in [5.41, 5.74) is 2.17. The van der Waals surface area contributed by atoms with Crippen molar-refractivity contribution in [1.82, 2.24) is 0 Å². The fourth-order valence-corrected chi connectivity index (χ4v) is 3.73. The molecule has 2 nitrogen and oxygen atoms in total. The Labute approximate surface area is 128 Å². The van der Waals surface area contributed by atoms with Crippen molar-refractivity contribution >= 4 is 23.3 Å². The highest BCUT2D eigenvalue weighted by Crippen LogP contribution is 2.34. The molecule has 3 rings (SSSR count). The molecular formula is C18H16O2S. The maximum atomic E-state index is 12.7. The molecule has 106 valence electrons. The number of hydrogen-bond acceptors (Lipinski definition) is 3. The van der Waals surface area contributed by atoms with Crippen molar-refractivity contribution in [2.24, 2.45) is 0 Å². The molecule has 0 spiro atoms. The van der Waals surface area contributed by atoms with Crippen molar-refractivity contribution in [2.75, 3.05) is 5.75 Å². The summed E-state index contributed by atoms with van der Waals surface area (Å²) in [6, 6.07) is 12.7. The molecule has 0 amide bonds. The molecule has 0 N–H and O–H groups in total. The summed E-state index contributed by atoms with van der Waals surface area (Å²) in [6.45, 7) is 2.14. The third kappa shape index (κ3) is 2.42. The topological polar surface area (TPSA) is 34.1 Å². The Bertz CT molecular complexity index is 719. The van der Waals surface area contributed by atoms with Crippen LogP contribution in [0.25, 0.3) is 0 Å². The van der Waals surface area contributed by atoms with E-state index in [4.69, 9.17) is 0 Å². The molecule has 0 saturated carbocycles. The van der Waals surface area contributed by atoms with Crippen molar-refractivity contribution in [3.8, 4) is 0 Å². The Morgan fingerprint density at radius 2 is 1.52 bits per heavy atom.